The van der Waals surface area contributed by atoms with Gasteiger partial charge in [-0.1, -0.05) is 36.4 Å². The van der Waals surface area contributed by atoms with Crippen LogP contribution < -0.4 is 5.63 Å². The molecule has 0 saturated heterocycles. The Morgan fingerprint density at radius 2 is 1.22 bits per heavy atom. The van der Waals surface area contributed by atoms with Gasteiger partial charge in [-0.15, -0.1) is 0 Å². The maximum atomic E-state index is 12.2. The van der Waals surface area contributed by atoms with Gasteiger partial charge < -0.3 is 14.6 Å². The summed E-state index contributed by atoms with van der Waals surface area (Å²) in [5.41, 5.74) is 0.785. The average Bonchev–Trinajstić information content (AvgIpc) is 2.63. The van der Waals surface area contributed by atoms with E-state index in [-0.39, 0.29) is 16.8 Å². The van der Waals surface area contributed by atoms with Crippen LogP contribution in [0.4, 0.5) is 11.4 Å². The highest BCUT2D eigenvalue weighted by Crippen LogP contribution is 2.31. The summed E-state index contributed by atoms with van der Waals surface area (Å²) < 4.78 is 4.92. The van der Waals surface area contributed by atoms with E-state index in [1.807, 2.05) is 36.4 Å². The quantitative estimate of drug-likeness (QED) is 0.675. The SMILES string of the molecule is CC(=Nc1ccccc1)c1c(O)oc(=O)c(C(C)=Nc2ccccc2)c1O. The molecule has 6 heteroatoms. The van der Waals surface area contributed by atoms with Gasteiger partial charge in [0.1, 0.15) is 16.9 Å². The van der Waals surface area contributed by atoms with Gasteiger partial charge in [0, 0.05) is 0 Å². The lowest BCUT2D eigenvalue weighted by molar-refractivity contribution is 0.301. The third-order valence-corrected chi connectivity index (χ3v) is 3.91. The van der Waals surface area contributed by atoms with E-state index in [4.69, 9.17) is 4.42 Å². The zero-order valence-corrected chi connectivity index (χ0v) is 14.9. The van der Waals surface area contributed by atoms with E-state index in [9.17, 15) is 15.0 Å². The Balaban J connectivity index is 2.13. The molecule has 3 aromatic rings. The summed E-state index contributed by atoms with van der Waals surface area (Å²) in [6.07, 6.45) is 0. The molecule has 136 valence electrons. The molecule has 1 heterocycles. The summed E-state index contributed by atoms with van der Waals surface area (Å²) in [6, 6.07) is 18.1. The lowest BCUT2D eigenvalue weighted by atomic mass is 10.1. The van der Waals surface area contributed by atoms with Crippen molar-refractivity contribution in [2.24, 2.45) is 9.98 Å². The van der Waals surface area contributed by atoms with Crippen LogP contribution in [-0.4, -0.2) is 21.6 Å². The third-order valence-electron chi connectivity index (χ3n) is 3.91. The molecule has 0 atom stereocenters. The molecule has 3 rings (SSSR count). The second kappa shape index (κ2) is 7.70. The first-order valence-corrected chi connectivity index (χ1v) is 8.28. The van der Waals surface area contributed by atoms with Gasteiger partial charge in [0.25, 0.3) is 5.95 Å². The summed E-state index contributed by atoms with van der Waals surface area (Å²) in [5.74, 6) is -1.11. The van der Waals surface area contributed by atoms with Crippen molar-refractivity contribution in [1.82, 2.24) is 0 Å². The number of para-hydroxylation sites is 2. The van der Waals surface area contributed by atoms with Crippen molar-refractivity contribution in [3.05, 3.63) is 82.2 Å². The van der Waals surface area contributed by atoms with Crippen molar-refractivity contribution in [2.45, 2.75) is 13.8 Å². The monoisotopic (exact) mass is 362 g/mol. The van der Waals surface area contributed by atoms with Gasteiger partial charge in [-0.25, -0.2) is 4.79 Å². The Morgan fingerprint density at radius 3 is 1.70 bits per heavy atom. The first kappa shape index (κ1) is 18.1. The second-order valence-corrected chi connectivity index (χ2v) is 5.86. The van der Waals surface area contributed by atoms with Gasteiger partial charge in [0.15, 0.2) is 0 Å². The van der Waals surface area contributed by atoms with E-state index in [1.165, 1.54) is 0 Å². The zero-order chi connectivity index (χ0) is 19.4. The molecule has 0 unspecified atom stereocenters. The van der Waals surface area contributed by atoms with E-state index < -0.39 is 17.3 Å². The molecule has 0 radical (unpaired) electrons. The standard InChI is InChI=1S/C21H18N2O4/c1-13(22-15-9-5-3-6-10-15)17-19(24)18(21(26)27-20(17)25)14(2)23-16-11-7-4-8-12-16/h3-12,24-25H,1-2H3. The van der Waals surface area contributed by atoms with Crippen LogP contribution in [0, 0.1) is 0 Å². The van der Waals surface area contributed by atoms with E-state index in [0.717, 1.165) is 0 Å². The third kappa shape index (κ3) is 3.95. The fourth-order valence-corrected chi connectivity index (χ4v) is 2.66. The molecular weight excluding hydrogens is 344 g/mol. The maximum Gasteiger partial charge on any atom is 0.351 e. The first-order chi connectivity index (χ1) is 13.0. The topological polar surface area (TPSA) is 95.4 Å². The zero-order valence-electron chi connectivity index (χ0n) is 14.9. The molecule has 1 aromatic heterocycles. The summed E-state index contributed by atoms with van der Waals surface area (Å²) in [7, 11) is 0. The van der Waals surface area contributed by atoms with Crippen LogP contribution in [0.3, 0.4) is 0 Å². The normalized spacial score (nSPS) is 12.2. The van der Waals surface area contributed by atoms with Gasteiger partial charge in [0.05, 0.1) is 22.8 Å². The lowest BCUT2D eigenvalue weighted by Gasteiger charge is -2.10. The summed E-state index contributed by atoms with van der Waals surface area (Å²) in [6.45, 7) is 3.19. The molecule has 0 fully saturated rings. The number of aromatic hydroxyl groups is 2. The molecule has 0 saturated carbocycles. The van der Waals surface area contributed by atoms with E-state index >= 15 is 0 Å². The highest BCUT2D eigenvalue weighted by atomic mass is 16.5. The van der Waals surface area contributed by atoms with Crippen molar-refractivity contribution in [1.29, 1.82) is 0 Å². The minimum atomic E-state index is -0.876. The van der Waals surface area contributed by atoms with E-state index in [2.05, 4.69) is 9.98 Å². The number of hydrogen-bond acceptors (Lipinski definition) is 6. The highest BCUT2D eigenvalue weighted by molar-refractivity contribution is 6.09. The molecule has 0 spiro atoms. The Bertz CT molecular complexity index is 1070. The van der Waals surface area contributed by atoms with E-state index in [0.29, 0.717) is 17.1 Å². The molecular formula is C21H18N2O4. The number of benzene rings is 2. The Labute approximate surface area is 155 Å². The van der Waals surface area contributed by atoms with Crippen molar-refractivity contribution < 1.29 is 14.6 Å². The molecule has 27 heavy (non-hydrogen) atoms. The van der Waals surface area contributed by atoms with Crippen LogP contribution in [0.5, 0.6) is 11.7 Å². The van der Waals surface area contributed by atoms with Gasteiger partial charge >= 0.3 is 5.63 Å². The van der Waals surface area contributed by atoms with Crippen LogP contribution in [0.2, 0.25) is 0 Å². The molecule has 6 nitrogen and oxygen atoms in total. The van der Waals surface area contributed by atoms with Crippen LogP contribution in [-0.2, 0) is 0 Å². The number of nitrogens with zero attached hydrogens (tertiary/aromatic N) is 2. The minimum Gasteiger partial charge on any atom is -0.506 e. The maximum absolute atomic E-state index is 12.2. The molecule has 0 amide bonds. The van der Waals surface area contributed by atoms with Crippen molar-refractivity contribution in [3.8, 4) is 11.7 Å². The van der Waals surface area contributed by atoms with Crippen molar-refractivity contribution in [2.75, 3.05) is 0 Å². The van der Waals surface area contributed by atoms with Crippen molar-refractivity contribution >= 4 is 22.8 Å². The van der Waals surface area contributed by atoms with Crippen LogP contribution in [0.1, 0.15) is 25.0 Å². The second-order valence-electron chi connectivity index (χ2n) is 5.86. The van der Waals surface area contributed by atoms with Crippen LogP contribution >= 0.6 is 0 Å². The van der Waals surface area contributed by atoms with Gasteiger partial charge in [0.2, 0.25) is 0 Å². The number of aliphatic imine (C=N–C) groups is 2. The number of hydrogen-bond donors (Lipinski definition) is 2. The summed E-state index contributed by atoms with van der Waals surface area (Å²) in [4.78, 5) is 20.9. The molecule has 0 aliphatic rings. The molecule has 2 aromatic carbocycles. The van der Waals surface area contributed by atoms with Gasteiger partial charge in [-0.3, -0.25) is 9.98 Å². The fraction of sp³-hybridized carbons (Fsp3) is 0.0952. The highest BCUT2D eigenvalue weighted by Gasteiger charge is 2.23. The Hall–Kier alpha value is -3.67. The summed E-state index contributed by atoms with van der Waals surface area (Å²) >= 11 is 0. The molecule has 2 N–H and O–H groups in total. The van der Waals surface area contributed by atoms with Crippen molar-refractivity contribution in [3.63, 3.8) is 0 Å². The van der Waals surface area contributed by atoms with E-state index in [1.54, 1.807) is 38.1 Å². The van der Waals surface area contributed by atoms with Crippen LogP contribution in [0.25, 0.3) is 0 Å². The smallest absolute Gasteiger partial charge is 0.351 e. The minimum absolute atomic E-state index is 0.0453. The Morgan fingerprint density at radius 1 is 0.778 bits per heavy atom. The largest absolute Gasteiger partial charge is 0.506 e. The predicted molar refractivity (Wildman–Crippen MR) is 105 cm³/mol. The van der Waals surface area contributed by atoms with Crippen LogP contribution in [0.15, 0.2) is 79.9 Å². The number of rotatable bonds is 4. The average molecular weight is 362 g/mol. The molecule has 0 bridgehead atoms. The first-order valence-electron chi connectivity index (χ1n) is 8.28. The fourth-order valence-electron chi connectivity index (χ4n) is 2.66. The Kier molecular flexibility index (Phi) is 5.17. The lowest BCUT2D eigenvalue weighted by Crippen LogP contribution is -2.15. The molecule has 0 aliphatic heterocycles. The van der Waals surface area contributed by atoms with Gasteiger partial charge in [-0.2, -0.15) is 0 Å². The summed E-state index contributed by atoms with van der Waals surface area (Å²) in [5, 5.41) is 20.7. The molecule has 0 aliphatic carbocycles. The predicted octanol–water partition coefficient (Wildman–Crippen LogP) is 4.33. The van der Waals surface area contributed by atoms with Gasteiger partial charge in [-0.05, 0) is 38.1 Å².